The van der Waals surface area contributed by atoms with Gasteiger partial charge >= 0.3 is 0 Å². The normalized spacial score (nSPS) is 10.0. The Bertz CT molecular complexity index is 357. The lowest BCUT2D eigenvalue weighted by Gasteiger charge is -2.05. The van der Waals surface area contributed by atoms with E-state index in [4.69, 9.17) is 0 Å². The number of rotatable bonds is 4. The van der Waals surface area contributed by atoms with Crippen molar-refractivity contribution in [3.63, 3.8) is 0 Å². The Morgan fingerprint density at radius 1 is 1.53 bits per heavy atom. The van der Waals surface area contributed by atoms with E-state index in [-0.39, 0.29) is 11.3 Å². The number of phenolic OH excluding ortho intramolecular Hbond substituents is 1. The Balaban J connectivity index is 2.68. The first kappa shape index (κ1) is 12.0. The second kappa shape index (κ2) is 5.70. The van der Waals surface area contributed by atoms with E-state index in [2.05, 4.69) is 21.2 Å². The molecule has 0 radical (unpaired) electrons. The smallest absolute Gasteiger partial charge is 0.255 e. The van der Waals surface area contributed by atoms with Gasteiger partial charge in [-0.2, -0.15) is 0 Å². The van der Waals surface area contributed by atoms with Crippen LogP contribution in [-0.2, 0) is 0 Å². The first-order chi connectivity index (χ1) is 7.15. The molecule has 0 fully saturated rings. The quantitative estimate of drug-likeness (QED) is 0.653. The first-order valence-electron chi connectivity index (χ1n) is 4.48. The molecule has 0 bridgehead atoms. The third-order valence-corrected chi connectivity index (χ3v) is 2.36. The number of aromatic hydroxyl groups is 1. The average molecular weight is 276 g/mol. The van der Waals surface area contributed by atoms with Crippen molar-refractivity contribution >= 4 is 21.8 Å². The molecular weight excluding hydrogens is 265 g/mol. The number of carbonyl (C=O) groups is 1. The van der Waals surface area contributed by atoms with Crippen LogP contribution in [0.3, 0.4) is 0 Å². The van der Waals surface area contributed by atoms with Crippen LogP contribution in [0.1, 0.15) is 16.8 Å². The number of hydrogen-bond donors (Lipinski definition) is 2. The summed E-state index contributed by atoms with van der Waals surface area (Å²) >= 11 is 3.22. The highest BCUT2D eigenvalue weighted by Gasteiger charge is 2.11. The zero-order valence-corrected chi connectivity index (χ0v) is 9.55. The number of hydrogen-bond acceptors (Lipinski definition) is 2. The van der Waals surface area contributed by atoms with Crippen LogP contribution in [0, 0.1) is 5.82 Å². The fourth-order valence-corrected chi connectivity index (χ4v) is 1.33. The molecule has 0 heterocycles. The Morgan fingerprint density at radius 2 is 2.27 bits per heavy atom. The molecule has 1 aromatic rings. The largest absolute Gasteiger partial charge is 0.507 e. The van der Waals surface area contributed by atoms with Gasteiger partial charge in [0.15, 0.2) is 0 Å². The van der Waals surface area contributed by atoms with E-state index in [1.807, 2.05) is 0 Å². The Morgan fingerprint density at radius 3 is 2.93 bits per heavy atom. The lowest BCUT2D eigenvalue weighted by atomic mass is 10.2. The topological polar surface area (TPSA) is 49.3 Å². The number of nitrogens with one attached hydrogen (secondary N) is 1. The molecule has 0 aliphatic rings. The van der Waals surface area contributed by atoms with Gasteiger partial charge in [0.1, 0.15) is 11.6 Å². The molecule has 5 heteroatoms. The predicted molar refractivity (Wildman–Crippen MR) is 58.8 cm³/mol. The number of halogens is 2. The monoisotopic (exact) mass is 275 g/mol. The molecule has 0 atom stereocenters. The first-order valence-corrected chi connectivity index (χ1v) is 5.60. The van der Waals surface area contributed by atoms with Crippen molar-refractivity contribution in [1.82, 2.24) is 5.32 Å². The van der Waals surface area contributed by atoms with E-state index in [1.165, 1.54) is 0 Å². The van der Waals surface area contributed by atoms with E-state index in [0.29, 0.717) is 6.54 Å². The summed E-state index contributed by atoms with van der Waals surface area (Å²) in [7, 11) is 0. The molecule has 1 rings (SSSR count). The fourth-order valence-electron chi connectivity index (χ4n) is 1.05. The fraction of sp³-hybridized carbons (Fsp3) is 0.300. The van der Waals surface area contributed by atoms with Crippen molar-refractivity contribution in [2.24, 2.45) is 0 Å². The number of alkyl halides is 1. The summed E-state index contributed by atoms with van der Waals surface area (Å²) in [6, 6.07) is 3.28. The van der Waals surface area contributed by atoms with Crippen molar-refractivity contribution in [3.8, 4) is 5.75 Å². The molecule has 0 aliphatic carbocycles. The number of carbonyl (C=O) groups excluding carboxylic acids is 1. The van der Waals surface area contributed by atoms with Gasteiger partial charge in [0.2, 0.25) is 0 Å². The maximum Gasteiger partial charge on any atom is 0.255 e. The summed E-state index contributed by atoms with van der Waals surface area (Å²) < 4.78 is 12.8. The predicted octanol–water partition coefficient (Wildman–Crippen LogP) is 2.05. The van der Waals surface area contributed by atoms with Crippen molar-refractivity contribution in [3.05, 3.63) is 29.6 Å². The molecule has 0 saturated carbocycles. The van der Waals surface area contributed by atoms with Crippen LogP contribution < -0.4 is 5.32 Å². The number of amides is 1. The van der Waals surface area contributed by atoms with Gasteiger partial charge in [0, 0.05) is 11.9 Å². The van der Waals surface area contributed by atoms with E-state index in [1.54, 1.807) is 0 Å². The van der Waals surface area contributed by atoms with Crippen LogP contribution in [0.15, 0.2) is 18.2 Å². The summed E-state index contributed by atoms with van der Waals surface area (Å²) in [5.74, 6) is -1.22. The highest BCUT2D eigenvalue weighted by atomic mass is 79.9. The van der Waals surface area contributed by atoms with Crippen LogP contribution in [-0.4, -0.2) is 22.9 Å². The zero-order valence-electron chi connectivity index (χ0n) is 7.96. The molecule has 0 spiro atoms. The summed E-state index contributed by atoms with van der Waals surface area (Å²) in [4.78, 5) is 11.4. The lowest BCUT2D eigenvalue weighted by Crippen LogP contribution is -2.24. The van der Waals surface area contributed by atoms with Gasteiger partial charge in [-0.1, -0.05) is 15.9 Å². The van der Waals surface area contributed by atoms with Crippen LogP contribution in [0.2, 0.25) is 0 Å². The van der Waals surface area contributed by atoms with Gasteiger partial charge in [-0.3, -0.25) is 4.79 Å². The van der Waals surface area contributed by atoms with Crippen molar-refractivity contribution in [2.75, 3.05) is 11.9 Å². The Kier molecular flexibility index (Phi) is 4.55. The summed E-state index contributed by atoms with van der Waals surface area (Å²) in [6.45, 7) is 0.486. The van der Waals surface area contributed by atoms with Crippen LogP contribution in [0.4, 0.5) is 4.39 Å². The minimum absolute atomic E-state index is 0.0374. The van der Waals surface area contributed by atoms with Crippen molar-refractivity contribution in [2.45, 2.75) is 6.42 Å². The molecular formula is C10H11BrFNO2. The van der Waals surface area contributed by atoms with Crippen LogP contribution >= 0.6 is 15.9 Å². The maximum absolute atomic E-state index is 12.8. The van der Waals surface area contributed by atoms with Gasteiger partial charge < -0.3 is 10.4 Å². The highest BCUT2D eigenvalue weighted by Crippen LogP contribution is 2.17. The Labute approximate surface area is 95.4 Å². The number of phenols is 1. The third-order valence-electron chi connectivity index (χ3n) is 1.80. The van der Waals surface area contributed by atoms with Gasteiger partial charge in [0.05, 0.1) is 5.56 Å². The summed E-state index contributed by atoms with van der Waals surface area (Å²) in [5.41, 5.74) is -0.0374. The second-order valence-corrected chi connectivity index (χ2v) is 3.75. The van der Waals surface area contributed by atoms with Crippen LogP contribution in [0.5, 0.6) is 5.75 Å². The van der Waals surface area contributed by atoms with E-state index < -0.39 is 11.7 Å². The molecule has 82 valence electrons. The van der Waals surface area contributed by atoms with Gasteiger partial charge in [0.25, 0.3) is 5.91 Å². The SMILES string of the molecule is O=C(NCCCBr)c1cc(F)ccc1O. The van der Waals surface area contributed by atoms with E-state index in [9.17, 15) is 14.3 Å². The highest BCUT2D eigenvalue weighted by molar-refractivity contribution is 9.09. The molecule has 3 nitrogen and oxygen atoms in total. The summed E-state index contributed by atoms with van der Waals surface area (Å²) in [6.07, 6.45) is 0.780. The molecule has 1 aromatic carbocycles. The minimum atomic E-state index is -0.543. The zero-order chi connectivity index (χ0) is 11.3. The number of benzene rings is 1. The van der Waals surface area contributed by atoms with E-state index >= 15 is 0 Å². The van der Waals surface area contributed by atoms with Gasteiger partial charge in [-0.05, 0) is 24.6 Å². The molecule has 0 unspecified atom stereocenters. The third kappa shape index (κ3) is 3.51. The van der Waals surface area contributed by atoms with E-state index in [0.717, 1.165) is 30.0 Å². The van der Waals surface area contributed by atoms with Crippen LogP contribution in [0.25, 0.3) is 0 Å². The Hall–Kier alpha value is -1.10. The average Bonchev–Trinajstić information content (AvgIpc) is 2.22. The molecule has 0 saturated heterocycles. The molecule has 15 heavy (non-hydrogen) atoms. The molecule has 1 amide bonds. The summed E-state index contributed by atoms with van der Waals surface area (Å²) in [5, 5.41) is 12.7. The van der Waals surface area contributed by atoms with Gasteiger partial charge in [-0.25, -0.2) is 4.39 Å². The molecule has 0 aromatic heterocycles. The lowest BCUT2D eigenvalue weighted by molar-refractivity contribution is 0.0950. The molecule has 0 aliphatic heterocycles. The van der Waals surface area contributed by atoms with Crippen molar-refractivity contribution < 1.29 is 14.3 Å². The standard InChI is InChI=1S/C10H11BrFNO2/c11-4-1-5-13-10(15)8-6-7(12)2-3-9(8)14/h2-3,6,14H,1,4-5H2,(H,13,15). The molecule has 2 N–H and O–H groups in total. The van der Waals surface area contributed by atoms with Gasteiger partial charge in [-0.15, -0.1) is 0 Å². The maximum atomic E-state index is 12.8. The second-order valence-electron chi connectivity index (χ2n) is 2.96. The van der Waals surface area contributed by atoms with Crippen molar-refractivity contribution in [1.29, 1.82) is 0 Å². The minimum Gasteiger partial charge on any atom is -0.507 e.